The summed E-state index contributed by atoms with van der Waals surface area (Å²) in [7, 11) is 0. The fourth-order valence-electron chi connectivity index (χ4n) is 12.0. The summed E-state index contributed by atoms with van der Waals surface area (Å²) >= 11 is 0. The summed E-state index contributed by atoms with van der Waals surface area (Å²) in [4.78, 5) is 160. The Kier molecular flexibility index (Phi) is 16.9. The zero-order valence-corrected chi connectivity index (χ0v) is 45.2. The molecule has 0 spiro atoms. The topological polar surface area (TPSA) is 301 Å². The number of amides is 10. The number of hydrogen-bond acceptors (Lipinski definition) is 14. The van der Waals surface area contributed by atoms with E-state index in [1.54, 1.807) is 29.2 Å². The molecule has 79 heavy (non-hydrogen) atoms. The highest BCUT2D eigenvalue weighted by Gasteiger charge is 2.53. The van der Waals surface area contributed by atoms with Gasteiger partial charge in [0, 0.05) is 36.5 Å². The van der Waals surface area contributed by atoms with Crippen molar-refractivity contribution in [2.24, 2.45) is 23.2 Å². The number of imide groups is 2. The number of ether oxygens (including phenoxy) is 1. The Morgan fingerprint density at radius 3 is 2.22 bits per heavy atom. The number of piperidine rings is 1. The summed E-state index contributed by atoms with van der Waals surface area (Å²) in [6.07, 6.45) is 11.4. The van der Waals surface area contributed by atoms with Gasteiger partial charge in [-0.1, -0.05) is 71.9 Å². The normalized spacial score (nSPS) is 22.3. The third-order valence-electron chi connectivity index (χ3n) is 16.2. The molecule has 420 valence electrons. The molecular formula is C57H70N10O12. The van der Waals surface area contributed by atoms with Crippen LogP contribution in [0.1, 0.15) is 166 Å². The Morgan fingerprint density at radius 2 is 1.53 bits per heavy atom. The van der Waals surface area contributed by atoms with Gasteiger partial charge in [0.2, 0.25) is 35.3 Å². The summed E-state index contributed by atoms with van der Waals surface area (Å²) < 4.78 is 5.99. The van der Waals surface area contributed by atoms with Gasteiger partial charge in [0.15, 0.2) is 0 Å². The average Bonchev–Trinajstić information content (AvgIpc) is 4.18. The number of carbonyl (C=O) groups excluding carboxylic acids is 11. The van der Waals surface area contributed by atoms with Gasteiger partial charge in [-0.3, -0.25) is 63.0 Å². The molecule has 0 bridgehead atoms. The molecule has 3 aromatic rings. The number of hydrogen-bond donors (Lipinski definition) is 6. The number of likely N-dealkylation sites (tertiary alicyclic amines) is 1. The van der Waals surface area contributed by atoms with Crippen molar-refractivity contribution in [3.63, 3.8) is 0 Å². The van der Waals surface area contributed by atoms with E-state index in [2.05, 4.69) is 41.9 Å². The van der Waals surface area contributed by atoms with Crippen LogP contribution in [0.2, 0.25) is 0 Å². The second-order valence-corrected chi connectivity index (χ2v) is 23.0. The molecule has 0 radical (unpaired) electrons. The van der Waals surface area contributed by atoms with E-state index in [1.165, 1.54) is 6.07 Å². The standard InChI is InChI=1S/C57H70N10O12/c1-5-12-38(46(69)53(75)61-33-19-20-33)62-52(74)45-35-17-10-16-32(35)29-66(45)56(78)47(57(2,3)4)65-51(73)44(30-13-7-6-8-14-30)64-49(71)40-28-59-39(27-60-40)48(70)58-23-11-24-79-34-25-31-15-9-18-36-43(31)37(26-34)55(77)67(54(36)76)41-21-22-42(68)63-50(41)72/h9,15,18,25-28,30,32-33,35,38,41,44-45,47H,5-8,10-14,16-17,19-24,29H2,1-4H3,(H,58,70)(H,61,75)(H,62,74)(H,64,71)(H,65,73)(H,63,68,72)/t32-,35-,38-,41?,44-,45-,47+/m0/s1. The Bertz CT molecular complexity index is 2950. The van der Waals surface area contributed by atoms with E-state index < -0.39 is 100 Å². The summed E-state index contributed by atoms with van der Waals surface area (Å²) in [6.45, 7) is 7.87. The van der Waals surface area contributed by atoms with Gasteiger partial charge in [0.05, 0.1) is 30.6 Å². The minimum atomic E-state index is -1.14. The van der Waals surface area contributed by atoms with Gasteiger partial charge in [-0.15, -0.1) is 0 Å². The van der Waals surface area contributed by atoms with Crippen LogP contribution < -0.4 is 36.6 Å². The molecule has 6 aliphatic rings. The summed E-state index contributed by atoms with van der Waals surface area (Å²) in [5.41, 5.74) is -0.647. The van der Waals surface area contributed by atoms with Crippen LogP contribution in [0, 0.1) is 23.2 Å². The lowest BCUT2D eigenvalue weighted by Crippen LogP contribution is -2.62. The smallest absolute Gasteiger partial charge is 0.289 e. The molecule has 5 fully saturated rings. The molecule has 22 heteroatoms. The Hall–Kier alpha value is -7.65. The van der Waals surface area contributed by atoms with Crippen molar-refractivity contribution in [2.75, 3.05) is 19.7 Å². The van der Waals surface area contributed by atoms with Crippen LogP contribution >= 0.6 is 0 Å². The van der Waals surface area contributed by atoms with E-state index in [1.807, 2.05) is 27.7 Å². The van der Waals surface area contributed by atoms with Crippen LogP contribution in [0.3, 0.4) is 0 Å². The molecule has 9 rings (SSSR count). The SMILES string of the molecule is CCC[C@H](NC(=O)[C@@H]1[C@H]2CCC[C@H]2CN1C(=O)[C@@H](NC(=O)[C@@H](NC(=O)c1cnc(C(=O)NCCCOc2cc3c4c(cccc4c2)C(=O)N(C2CCC(=O)NC2=O)C3=O)cn1)C1CCCCC1)C(C)(C)C)C(=O)C(=O)NC1CC1. The van der Waals surface area contributed by atoms with Crippen molar-refractivity contribution >= 4 is 75.6 Å². The molecule has 4 heterocycles. The highest BCUT2D eigenvalue weighted by atomic mass is 16.5. The fraction of sp³-hybridized carbons (Fsp3) is 0.561. The quantitative estimate of drug-likeness (QED) is 0.0538. The van der Waals surface area contributed by atoms with E-state index in [0.29, 0.717) is 55.2 Å². The minimum Gasteiger partial charge on any atom is -0.493 e. The molecule has 10 amide bonds. The summed E-state index contributed by atoms with van der Waals surface area (Å²) in [6, 6.07) is 2.86. The van der Waals surface area contributed by atoms with Crippen molar-refractivity contribution in [2.45, 2.75) is 160 Å². The number of carbonyl (C=O) groups is 11. The van der Waals surface area contributed by atoms with E-state index in [9.17, 15) is 52.7 Å². The predicted molar refractivity (Wildman–Crippen MR) is 284 cm³/mol. The van der Waals surface area contributed by atoms with Crippen molar-refractivity contribution in [3.8, 4) is 5.75 Å². The number of aromatic nitrogens is 2. The van der Waals surface area contributed by atoms with Crippen molar-refractivity contribution in [1.29, 1.82) is 0 Å². The monoisotopic (exact) mass is 1090 g/mol. The number of nitrogens with one attached hydrogen (secondary N) is 6. The van der Waals surface area contributed by atoms with Crippen molar-refractivity contribution in [1.82, 2.24) is 51.7 Å². The van der Waals surface area contributed by atoms with Crippen molar-refractivity contribution < 1.29 is 57.5 Å². The molecule has 3 saturated carbocycles. The first-order valence-corrected chi connectivity index (χ1v) is 27.9. The second-order valence-electron chi connectivity index (χ2n) is 23.0. The van der Waals surface area contributed by atoms with Crippen LogP contribution in [0.25, 0.3) is 10.8 Å². The minimum absolute atomic E-state index is 0.0110. The van der Waals surface area contributed by atoms with Gasteiger partial charge in [-0.2, -0.15) is 0 Å². The number of benzene rings is 2. The van der Waals surface area contributed by atoms with Gasteiger partial charge < -0.3 is 36.2 Å². The van der Waals surface area contributed by atoms with Gasteiger partial charge >= 0.3 is 0 Å². The number of nitrogens with zero attached hydrogens (tertiary/aromatic N) is 4. The van der Waals surface area contributed by atoms with Crippen molar-refractivity contribution in [3.05, 3.63) is 65.2 Å². The Labute approximate surface area is 457 Å². The molecule has 2 aromatic carbocycles. The first-order valence-electron chi connectivity index (χ1n) is 27.9. The number of ketones is 1. The lowest BCUT2D eigenvalue weighted by molar-refractivity contribution is -0.146. The molecule has 1 aromatic heterocycles. The summed E-state index contributed by atoms with van der Waals surface area (Å²) in [5, 5.41) is 17.4. The number of rotatable bonds is 20. The van der Waals surface area contributed by atoms with Crippen LogP contribution in [0.4, 0.5) is 0 Å². The maximum absolute atomic E-state index is 14.9. The fourth-order valence-corrected chi connectivity index (χ4v) is 12.0. The van der Waals surface area contributed by atoms with E-state index in [0.717, 1.165) is 62.2 Å². The predicted octanol–water partition coefficient (Wildman–Crippen LogP) is 3.20. The molecule has 6 N–H and O–H groups in total. The maximum atomic E-state index is 14.9. The average molecular weight is 1090 g/mol. The van der Waals surface area contributed by atoms with E-state index >= 15 is 0 Å². The maximum Gasteiger partial charge on any atom is 0.289 e. The third-order valence-corrected chi connectivity index (χ3v) is 16.2. The molecule has 3 aliphatic heterocycles. The summed E-state index contributed by atoms with van der Waals surface area (Å²) in [5.74, 6) is -6.79. The molecule has 7 atom stereocenters. The molecule has 22 nitrogen and oxygen atoms in total. The van der Waals surface area contributed by atoms with E-state index in [4.69, 9.17) is 4.74 Å². The first-order chi connectivity index (χ1) is 37.8. The van der Waals surface area contributed by atoms with Crippen LogP contribution in [0.5, 0.6) is 5.75 Å². The Balaban J connectivity index is 0.810. The molecule has 2 saturated heterocycles. The molecule has 3 aliphatic carbocycles. The van der Waals surface area contributed by atoms with Crippen LogP contribution in [0.15, 0.2) is 42.7 Å². The largest absolute Gasteiger partial charge is 0.493 e. The highest BCUT2D eigenvalue weighted by molar-refractivity contribution is 6.38. The highest BCUT2D eigenvalue weighted by Crippen LogP contribution is 2.43. The molecule has 1 unspecified atom stereocenters. The lowest BCUT2D eigenvalue weighted by Gasteiger charge is -2.38. The number of fused-ring (bicyclic) bond motifs is 1. The first kappa shape index (κ1) is 56.1. The zero-order valence-electron chi connectivity index (χ0n) is 45.2. The lowest BCUT2D eigenvalue weighted by atomic mass is 9.82. The third kappa shape index (κ3) is 12.3. The van der Waals surface area contributed by atoms with Gasteiger partial charge in [0.25, 0.3) is 29.5 Å². The van der Waals surface area contributed by atoms with E-state index in [-0.39, 0.29) is 78.7 Å². The zero-order chi connectivity index (χ0) is 56.3. The van der Waals surface area contributed by atoms with Crippen LogP contribution in [-0.2, 0) is 33.6 Å². The van der Waals surface area contributed by atoms with Gasteiger partial charge in [-0.05, 0) is 105 Å². The Morgan fingerprint density at radius 1 is 0.810 bits per heavy atom. The number of Topliss-reactive ketones (excluding diaryl/α,β-unsaturated/α-hetero) is 1. The molecular weight excluding hydrogens is 1020 g/mol. The van der Waals surface area contributed by atoms with Crippen LogP contribution in [-0.4, -0.2) is 141 Å². The van der Waals surface area contributed by atoms with Gasteiger partial charge in [0.1, 0.15) is 41.3 Å². The second kappa shape index (κ2) is 23.8. The van der Waals surface area contributed by atoms with Gasteiger partial charge in [-0.25, -0.2) is 9.97 Å².